The van der Waals surface area contributed by atoms with Gasteiger partial charge in [-0.25, -0.2) is 8.78 Å². The van der Waals surface area contributed by atoms with Gasteiger partial charge in [-0.15, -0.1) is 0 Å². The summed E-state index contributed by atoms with van der Waals surface area (Å²) >= 11 is 1.84. The lowest BCUT2D eigenvalue weighted by Crippen LogP contribution is -2.44. The number of nitrogen functional groups attached to an aromatic ring is 1. The Bertz CT molecular complexity index is 1080. The Morgan fingerprint density at radius 3 is 2.67 bits per heavy atom. The van der Waals surface area contributed by atoms with Crippen LogP contribution in [0.2, 0.25) is 0 Å². The zero-order chi connectivity index (χ0) is 23.4. The summed E-state index contributed by atoms with van der Waals surface area (Å²) in [6.45, 7) is 2.38. The van der Waals surface area contributed by atoms with E-state index in [0.29, 0.717) is 5.56 Å². The first-order valence-corrected chi connectivity index (χ1v) is 12.0. The van der Waals surface area contributed by atoms with Crippen molar-refractivity contribution in [2.75, 3.05) is 23.3 Å². The zero-order valence-electron chi connectivity index (χ0n) is 18.2. The van der Waals surface area contributed by atoms with Crippen molar-refractivity contribution in [3.63, 3.8) is 0 Å². The quantitative estimate of drug-likeness (QED) is 0.373. The fraction of sp³-hybridized carbons (Fsp3) is 0.391. The predicted octanol–water partition coefficient (Wildman–Crippen LogP) is 3.45. The molecule has 176 valence electrons. The third kappa shape index (κ3) is 6.01. The zero-order valence-corrected chi connectivity index (χ0v) is 19.0. The van der Waals surface area contributed by atoms with Gasteiger partial charge < -0.3 is 25.9 Å². The van der Waals surface area contributed by atoms with Gasteiger partial charge in [0.25, 0.3) is 0 Å². The van der Waals surface area contributed by atoms with Crippen LogP contribution < -0.4 is 16.4 Å². The number of hydrogen-bond acceptors (Lipinski definition) is 8. The number of halogens is 2. The summed E-state index contributed by atoms with van der Waals surface area (Å²) < 4.78 is 32.6. The maximum atomic E-state index is 13.7. The van der Waals surface area contributed by atoms with E-state index in [4.69, 9.17) is 10.2 Å². The SMILES string of the molecule is CCc1ccc2c(c1)C(NCC(O)C(Cc1cc(F)cc(F)c1)Nc1nnc(N)o1)CSC2. The van der Waals surface area contributed by atoms with E-state index in [1.807, 2.05) is 11.8 Å². The second-order valence-corrected chi connectivity index (χ2v) is 9.14. The molecule has 4 rings (SSSR count). The number of thioether (sulfide) groups is 1. The third-order valence-corrected chi connectivity index (χ3v) is 6.79. The highest BCUT2D eigenvalue weighted by Gasteiger charge is 2.26. The van der Waals surface area contributed by atoms with Gasteiger partial charge in [0.1, 0.15) is 11.6 Å². The minimum absolute atomic E-state index is 0.0274. The van der Waals surface area contributed by atoms with E-state index >= 15 is 0 Å². The molecule has 0 saturated heterocycles. The van der Waals surface area contributed by atoms with E-state index < -0.39 is 23.8 Å². The van der Waals surface area contributed by atoms with Gasteiger partial charge in [-0.1, -0.05) is 35.3 Å². The van der Waals surface area contributed by atoms with Crippen molar-refractivity contribution in [2.24, 2.45) is 0 Å². The predicted molar refractivity (Wildman–Crippen MR) is 125 cm³/mol. The van der Waals surface area contributed by atoms with Gasteiger partial charge in [-0.05, 0) is 47.2 Å². The van der Waals surface area contributed by atoms with Gasteiger partial charge in [0.15, 0.2) is 0 Å². The van der Waals surface area contributed by atoms with Gasteiger partial charge >= 0.3 is 12.0 Å². The summed E-state index contributed by atoms with van der Waals surface area (Å²) in [6, 6.07) is 9.18. The summed E-state index contributed by atoms with van der Waals surface area (Å²) in [5, 5.41) is 24.8. The normalized spacial score (nSPS) is 17.4. The van der Waals surface area contributed by atoms with Crippen LogP contribution in [-0.2, 0) is 18.6 Å². The lowest BCUT2D eigenvalue weighted by molar-refractivity contribution is 0.145. The first-order valence-electron chi connectivity index (χ1n) is 10.8. The van der Waals surface area contributed by atoms with Crippen molar-refractivity contribution >= 4 is 23.8 Å². The molecule has 5 N–H and O–H groups in total. The maximum Gasteiger partial charge on any atom is 0.317 e. The van der Waals surface area contributed by atoms with Gasteiger partial charge in [0, 0.05) is 30.2 Å². The Balaban J connectivity index is 1.49. The van der Waals surface area contributed by atoms with Crippen LogP contribution in [0.4, 0.5) is 20.8 Å². The van der Waals surface area contributed by atoms with Crippen molar-refractivity contribution in [3.05, 3.63) is 70.3 Å². The Morgan fingerprint density at radius 1 is 1.18 bits per heavy atom. The Morgan fingerprint density at radius 2 is 1.97 bits per heavy atom. The Kier molecular flexibility index (Phi) is 7.46. The van der Waals surface area contributed by atoms with Crippen molar-refractivity contribution in [2.45, 2.75) is 43.7 Å². The molecule has 2 heterocycles. The number of benzene rings is 2. The van der Waals surface area contributed by atoms with Gasteiger partial charge in [0.05, 0.1) is 12.1 Å². The van der Waals surface area contributed by atoms with Crippen LogP contribution in [0.1, 0.15) is 35.2 Å². The summed E-state index contributed by atoms with van der Waals surface area (Å²) in [5.41, 5.74) is 9.70. The van der Waals surface area contributed by atoms with E-state index in [1.54, 1.807) is 0 Å². The van der Waals surface area contributed by atoms with Crippen LogP contribution in [0.15, 0.2) is 40.8 Å². The van der Waals surface area contributed by atoms with E-state index in [-0.39, 0.29) is 31.0 Å². The lowest BCUT2D eigenvalue weighted by atomic mass is 9.97. The number of nitrogens with one attached hydrogen (secondary N) is 2. The molecule has 10 heteroatoms. The second kappa shape index (κ2) is 10.5. The fourth-order valence-electron chi connectivity index (χ4n) is 3.99. The molecule has 7 nitrogen and oxygen atoms in total. The van der Waals surface area contributed by atoms with Gasteiger partial charge in [-0.2, -0.15) is 11.8 Å². The number of rotatable bonds is 9. The molecule has 0 aliphatic carbocycles. The number of aryl methyl sites for hydroxylation is 1. The van der Waals surface area contributed by atoms with E-state index in [9.17, 15) is 13.9 Å². The molecule has 2 aromatic carbocycles. The van der Waals surface area contributed by atoms with Crippen LogP contribution in [0, 0.1) is 11.6 Å². The molecule has 3 unspecified atom stereocenters. The molecule has 3 atom stereocenters. The molecule has 0 spiro atoms. The standard InChI is InChI=1S/C23H27F2N5O2S/c1-2-13-3-4-15-11-33-12-20(18(15)7-13)27-10-21(31)19(28-23-30-29-22(26)32-23)8-14-5-16(24)9-17(25)6-14/h3-7,9,19-21,27,31H,2,8,10-12H2,1H3,(H2,26,29)(H,28,30). The molecule has 0 bridgehead atoms. The van der Waals surface area contributed by atoms with Crippen molar-refractivity contribution in [1.82, 2.24) is 15.5 Å². The molecule has 1 aliphatic heterocycles. The molecule has 3 aromatic rings. The Labute approximate surface area is 195 Å². The summed E-state index contributed by atoms with van der Waals surface area (Å²) in [4.78, 5) is 0. The Hall–Kier alpha value is -2.69. The van der Waals surface area contributed by atoms with Crippen LogP contribution in [-0.4, -0.2) is 39.7 Å². The van der Waals surface area contributed by atoms with Gasteiger partial charge in [-0.3, -0.25) is 0 Å². The smallest absolute Gasteiger partial charge is 0.317 e. The topological polar surface area (TPSA) is 109 Å². The van der Waals surface area contributed by atoms with Crippen LogP contribution in [0.3, 0.4) is 0 Å². The number of aliphatic hydroxyl groups excluding tert-OH is 1. The first kappa shape index (κ1) is 23.5. The average Bonchev–Trinajstić information content (AvgIpc) is 3.20. The molecule has 0 amide bonds. The minimum Gasteiger partial charge on any atom is -0.390 e. The second-order valence-electron chi connectivity index (χ2n) is 8.11. The largest absolute Gasteiger partial charge is 0.390 e. The van der Waals surface area contributed by atoms with Crippen LogP contribution in [0.5, 0.6) is 0 Å². The number of anilines is 2. The number of aliphatic hydroxyl groups is 1. The summed E-state index contributed by atoms with van der Waals surface area (Å²) in [6.07, 6.45) is 0.170. The highest BCUT2D eigenvalue weighted by molar-refractivity contribution is 7.98. The first-order chi connectivity index (χ1) is 15.9. The molecule has 0 radical (unpaired) electrons. The fourth-order valence-corrected chi connectivity index (χ4v) is 5.12. The number of fused-ring (bicyclic) bond motifs is 1. The molecule has 0 fully saturated rings. The number of nitrogens with two attached hydrogens (primary N) is 1. The molecular weight excluding hydrogens is 448 g/mol. The summed E-state index contributed by atoms with van der Waals surface area (Å²) in [7, 11) is 0. The molecule has 1 aromatic heterocycles. The van der Waals surface area contributed by atoms with E-state index in [1.165, 1.54) is 28.8 Å². The van der Waals surface area contributed by atoms with E-state index in [0.717, 1.165) is 24.0 Å². The highest BCUT2D eigenvalue weighted by Crippen LogP contribution is 2.32. The monoisotopic (exact) mass is 475 g/mol. The highest BCUT2D eigenvalue weighted by atomic mass is 32.2. The summed E-state index contributed by atoms with van der Waals surface area (Å²) in [5.74, 6) is 0.496. The van der Waals surface area contributed by atoms with Crippen molar-refractivity contribution in [1.29, 1.82) is 0 Å². The lowest BCUT2D eigenvalue weighted by Gasteiger charge is -2.30. The van der Waals surface area contributed by atoms with Crippen LogP contribution in [0.25, 0.3) is 0 Å². The third-order valence-electron chi connectivity index (χ3n) is 5.70. The molecular formula is C23H27F2N5O2S. The number of nitrogens with zero attached hydrogens (tertiary/aromatic N) is 2. The molecule has 33 heavy (non-hydrogen) atoms. The van der Waals surface area contributed by atoms with Crippen molar-refractivity contribution < 1.29 is 18.3 Å². The minimum atomic E-state index is -0.922. The number of hydrogen-bond donors (Lipinski definition) is 4. The molecule has 0 saturated carbocycles. The molecule has 1 aliphatic rings. The number of aromatic nitrogens is 2. The van der Waals surface area contributed by atoms with Crippen molar-refractivity contribution in [3.8, 4) is 0 Å². The van der Waals surface area contributed by atoms with Gasteiger partial charge in [0.2, 0.25) is 0 Å². The maximum absolute atomic E-state index is 13.7. The van der Waals surface area contributed by atoms with Crippen LogP contribution >= 0.6 is 11.8 Å². The average molecular weight is 476 g/mol. The van der Waals surface area contributed by atoms with E-state index in [2.05, 4.69) is 46.0 Å².